The first-order valence-electron chi connectivity index (χ1n) is 6.37. The third-order valence-electron chi connectivity index (χ3n) is 2.71. The highest BCUT2D eigenvalue weighted by molar-refractivity contribution is 5.72. The van der Waals surface area contributed by atoms with Crippen molar-refractivity contribution < 1.29 is 19.4 Å². The van der Waals surface area contributed by atoms with Crippen LogP contribution < -0.4 is 4.74 Å². The van der Waals surface area contributed by atoms with Crippen molar-refractivity contribution in [3.05, 3.63) is 48.5 Å². The van der Waals surface area contributed by atoms with Crippen molar-refractivity contribution in [3.8, 4) is 22.6 Å². The summed E-state index contributed by atoms with van der Waals surface area (Å²) in [5.41, 5.74) is 1.54. The lowest BCUT2D eigenvalue weighted by atomic mass is 10.0. The Morgan fingerprint density at radius 3 is 2.70 bits per heavy atom. The van der Waals surface area contributed by atoms with Crippen molar-refractivity contribution in [2.45, 2.75) is 6.92 Å². The zero-order valence-electron chi connectivity index (χ0n) is 11.2. The van der Waals surface area contributed by atoms with Crippen LogP contribution in [0.5, 0.6) is 11.5 Å². The number of benzene rings is 2. The molecule has 0 fully saturated rings. The topological polar surface area (TPSA) is 55.8 Å². The van der Waals surface area contributed by atoms with E-state index in [1.807, 2.05) is 24.3 Å². The standard InChI is InChI=1S/C16H16O4/c1-2-19-16(18)11-20-13-7-5-6-12(10-13)14-8-3-4-9-15(14)17/h3-10,17H,2,11H2,1H3. The summed E-state index contributed by atoms with van der Waals surface area (Å²) in [5.74, 6) is 0.356. The molecular formula is C16H16O4. The van der Waals surface area contributed by atoms with E-state index in [4.69, 9.17) is 9.47 Å². The molecule has 0 heterocycles. The molecule has 0 atom stereocenters. The number of hydrogen-bond acceptors (Lipinski definition) is 4. The van der Waals surface area contributed by atoms with Crippen LogP contribution in [0.25, 0.3) is 11.1 Å². The minimum Gasteiger partial charge on any atom is -0.507 e. The molecule has 104 valence electrons. The smallest absolute Gasteiger partial charge is 0.344 e. The Kier molecular flexibility index (Phi) is 4.60. The number of esters is 1. The summed E-state index contributed by atoms with van der Waals surface area (Å²) < 4.78 is 10.2. The molecule has 0 saturated carbocycles. The fourth-order valence-corrected chi connectivity index (χ4v) is 1.82. The first-order chi connectivity index (χ1) is 9.70. The van der Waals surface area contributed by atoms with Gasteiger partial charge in [-0.1, -0.05) is 30.3 Å². The monoisotopic (exact) mass is 272 g/mol. The Hall–Kier alpha value is -2.49. The molecule has 2 aromatic carbocycles. The van der Waals surface area contributed by atoms with Gasteiger partial charge in [0, 0.05) is 5.56 Å². The molecule has 4 nitrogen and oxygen atoms in total. The molecule has 20 heavy (non-hydrogen) atoms. The van der Waals surface area contributed by atoms with Gasteiger partial charge in [0.25, 0.3) is 0 Å². The molecule has 0 aliphatic carbocycles. The lowest BCUT2D eigenvalue weighted by Gasteiger charge is -2.08. The molecule has 0 amide bonds. The number of phenols is 1. The minimum absolute atomic E-state index is 0.127. The molecule has 2 aromatic rings. The van der Waals surface area contributed by atoms with E-state index in [2.05, 4.69) is 0 Å². The first-order valence-corrected chi connectivity index (χ1v) is 6.37. The van der Waals surface area contributed by atoms with Crippen molar-refractivity contribution in [1.82, 2.24) is 0 Å². The number of hydrogen-bond donors (Lipinski definition) is 1. The van der Waals surface area contributed by atoms with E-state index in [1.54, 1.807) is 31.2 Å². The van der Waals surface area contributed by atoms with Gasteiger partial charge in [0.1, 0.15) is 11.5 Å². The first kappa shape index (κ1) is 13.9. The van der Waals surface area contributed by atoms with Crippen LogP contribution >= 0.6 is 0 Å². The van der Waals surface area contributed by atoms with E-state index in [1.165, 1.54) is 0 Å². The Labute approximate surface area is 117 Å². The maximum Gasteiger partial charge on any atom is 0.344 e. The highest BCUT2D eigenvalue weighted by Crippen LogP contribution is 2.30. The van der Waals surface area contributed by atoms with Gasteiger partial charge >= 0.3 is 5.97 Å². The predicted octanol–water partition coefficient (Wildman–Crippen LogP) is 3.00. The normalized spacial score (nSPS) is 10.1. The van der Waals surface area contributed by atoms with Crippen molar-refractivity contribution in [2.24, 2.45) is 0 Å². The summed E-state index contributed by atoms with van der Waals surface area (Å²) >= 11 is 0. The predicted molar refractivity (Wildman–Crippen MR) is 75.7 cm³/mol. The third-order valence-corrected chi connectivity index (χ3v) is 2.71. The van der Waals surface area contributed by atoms with Crippen LogP contribution in [0.2, 0.25) is 0 Å². The van der Waals surface area contributed by atoms with Gasteiger partial charge in [-0.3, -0.25) is 0 Å². The van der Waals surface area contributed by atoms with Gasteiger partial charge in [0.2, 0.25) is 0 Å². The molecule has 0 radical (unpaired) electrons. The third kappa shape index (κ3) is 3.51. The lowest BCUT2D eigenvalue weighted by Crippen LogP contribution is -2.14. The van der Waals surface area contributed by atoms with Crippen molar-refractivity contribution in [1.29, 1.82) is 0 Å². The molecule has 0 unspecified atom stereocenters. The van der Waals surface area contributed by atoms with Crippen LogP contribution in [-0.2, 0) is 9.53 Å². The van der Waals surface area contributed by atoms with E-state index in [0.29, 0.717) is 17.9 Å². The second kappa shape index (κ2) is 6.61. The average Bonchev–Trinajstić information content (AvgIpc) is 2.46. The summed E-state index contributed by atoms with van der Waals surface area (Å²) in [4.78, 5) is 11.2. The molecule has 0 bridgehead atoms. The summed E-state index contributed by atoms with van der Waals surface area (Å²) in [6.07, 6.45) is 0. The Morgan fingerprint density at radius 2 is 1.95 bits per heavy atom. The fourth-order valence-electron chi connectivity index (χ4n) is 1.82. The van der Waals surface area contributed by atoms with Crippen molar-refractivity contribution in [3.63, 3.8) is 0 Å². The molecule has 0 aromatic heterocycles. The van der Waals surface area contributed by atoms with Crippen LogP contribution in [0.3, 0.4) is 0 Å². The fraction of sp³-hybridized carbons (Fsp3) is 0.188. The Bertz CT molecular complexity index is 593. The number of carbonyl (C=O) groups is 1. The molecule has 0 aliphatic heterocycles. The molecule has 1 N–H and O–H groups in total. The highest BCUT2D eigenvalue weighted by Gasteiger charge is 2.06. The van der Waals surface area contributed by atoms with Crippen LogP contribution in [-0.4, -0.2) is 24.3 Å². The SMILES string of the molecule is CCOC(=O)COc1cccc(-c2ccccc2O)c1. The maximum atomic E-state index is 11.2. The number of para-hydroxylation sites is 1. The van der Waals surface area contributed by atoms with Crippen molar-refractivity contribution in [2.75, 3.05) is 13.2 Å². The molecule has 0 spiro atoms. The van der Waals surface area contributed by atoms with Gasteiger partial charge in [-0.25, -0.2) is 4.79 Å². The van der Waals surface area contributed by atoms with Gasteiger partial charge < -0.3 is 14.6 Å². The lowest BCUT2D eigenvalue weighted by molar-refractivity contribution is -0.145. The number of rotatable bonds is 5. The van der Waals surface area contributed by atoms with Crippen LogP contribution in [0.15, 0.2) is 48.5 Å². The molecule has 2 rings (SSSR count). The van der Waals surface area contributed by atoms with Crippen LogP contribution in [0, 0.1) is 0 Å². The Morgan fingerprint density at radius 1 is 1.15 bits per heavy atom. The quantitative estimate of drug-likeness (QED) is 0.850. The van der Waals surface area contributed by atoms with Crippen LogP contribution in [0.4, 0.5) is 0 Å². The summed E-state index contributed by atoms with van der Waals surface area (Å²) in [5, 5.41) is 9.83. The van der Waals surface area contributed by atoms with E-state index >= 15 is 0 Å². The second-order valence-electron chi connectivity index (χ2n) is 4.14. The zero-order chi connectivity index (χ0) is 14.4. The summed E-state index contributed by atoms with van der Waals surface area (Å²) in [7, 11) is 0. The largest absolute Gasteiger partial charge is 0.507 e. The van der Waals surface area contributed by atoms with Gasteiger partial charge in [0.05, 0.1) is 6.61 Å². The van der Waals surface area contributed by atoms with E-state index < -0.39 is 5.97 Å². The highest BCUT2D eigenvalue weighted by atomic mass is 16.6. The van der Waals surface area contributed by atoms with Gasteiger partial charge in [-0.05, 0) is 30.7 Å². The van der Waals surface area contributed by atoms with E-state index in [9.17, 15) is 9.90 Å². The summed E-state index contributed by atoms with van der Waals surface area (Å²) in [6, 6.07) is 14.3. The number of ether oxygens (including phenoxy) is 2. The van der Waals surface area contributed by atoms with Gasteiger partial charge in [0.15, 0.2) is 6.61 Å². The molecule has 4 heteroatoms. The maximum absolute atomic E-state index is 11.2. The Balaban J connectivity index is 2.12. The summed E-state index contributed by atoms with van der Waals surface area (Å²) in [6.45, 7) is 1.95. The number of carbonyl (C=O) groups excluding carboxylic acids is 1. The number of phenolic OH excluding ortho intramolecular Hbond substituents is 1. The zero-order valence-corrected chi connectivity index (χ0v) is 11.2. The molecule has 0 saturated heterocycles. The van der Waals surface area contributed by atoms with Gasteiger partial charge in [-0.15, -0.1) is 0 Å². The van der Waals surface area contributed by atoms with Crippen LogP contribution in [0.1, 0.15) is 6.92 Å². The van der Waals surface area contributed by atoms with E-state index in [0.717, 1.165) is 5.56 Å². The van der Waals surface area contributed by atoms with Crippen molar-refractivity contribution >= 4 is 5.97 Å². The minimum atomic E-state index is -0.402. The average molecular weight is 272 g/mol. The number of aromatic hydroxyl groups is 1. The van der Waals surface area contributed by atoms with E-state index in [-0.39, 0.29) is 12.4 Å². The molecule has 0 aliphatic rings. The second-order valence-corrected chi connectivity index (χ2v) is 4.14. The van der Waals surface area contributed by atoms with Gasteiger partial charge in [-0.2, -0.15) is 0 Å². The molecular weight excluding hydrogens is 256 g/mol.